The zero-order valence-electron chi connectivity index (χ0n) is 21.2. The number of rotatable bonds is 5. The van der Waals surface area contributed by atoms with Crippen LogP contribution in [-0.4, -0.2) is 17.3 Å². The van der Waals surface area contributed by atoms with Gasteiger partial charge in [0.25, 0.3) is 0 Å². The van der Waals surface area contributed by atoms with Crippen molar-refractivity contribution in [1.29, 1.82) is 0 Å². The van der Waals surface area contributed by atoms with Crippen LogP contribution in [0.25, 0.3) is 0 Å². The van der Waals surface area contributed by atoms with Gasteiger partial charge in [-0.3, -0.25) is 14.4 Å². The Morgan fingerprint density at radius 1 is 0.969 bits per heavy atom. The Morgan fingerprint density at radius 2 is 1.69 bits per heavy atom. The molecule has 0 bridgehead atoms. The molecule has 4 aliphatic rings. The van der Waals surface area contributed by atoms with E-state index in [1.165, 1.54) is 0 Å². The number of carbonyl (C=O) groups excluding carboxylic acids is 3. The van der Waals surface area contributed by atoms with Crippen LogP contribution in [-0.2, 0) is 14.4 Å². The molecule has 0 radical (unpaired) electrons. The average Bonchev–Trinajstić information content (AvgIpc) is 3.06. The summed E-state index contributed by atoms with van der Waals surface area (Å²) in [7, 11) is 0. The lowest BCUT2D eigenvalue weighted by atomic mass is 9.44. The lowest BCUT2D eigenvalue weighted by molar-refractivity contribution is -0.167. The number of hydrogen-bond acceptors (Lipinski definition) is 3. The smallest absolute Gasteiger partial charge is 0.137 e. The third kappa shape index (κ3) is 3.66. The molecule has 4 fully saturated rings. The Kier molecular flexibility index (Phi) is 6.36. The molecule has 3 nitrogen and oxygen atoms in total. The summed E-state index contributed by atoms with van der Waals surface area (Å²) in [5, 5.41) is 0. The van der Waals surface area contributed by atoms with Gasteiger partial charge in [-0.15, -0.1) is 0 Å². The van der Waals surface area contributed by atoms with Gasteiger partial charge in [-0.05, 0) is 72.0 Å². The molecule has 0 aromatic heterocycles. The summed E-state index contributed by atoms with van der Waals surface area (Å²) >= 11 is 0. The van der Waals surface area contributed by atoms with Crippen LogP contribution in [0.4, 0.5) is 0 Å². The van der Waals surface area contributed by atoms with E-state index in [-0.39, 0.29) is 40.2 Å². The summed E-state index contributed by atoms with van der Waals surface area (Å²) in [6.45, 7) is 13.7. The van der Waals surface area contributed by atoms with E-state index < -0.39 is 0 Å². The molecule has 0 unspecified atom stereocenters. The van der Waals surface area contributed by atoms with Crippen molar-refractivity contribution >= 4 is 17.3 Å². The fourth-order valence-electron chi connectivity index (χ4n) is 8.85. The van der Waals surface area contributed by atoms with E-state index >= 15 is 0 Å². The number of Topliss-reactive ketones (excluding diaryl/α,β-unsaturated/α-hetero) is 3. The van der Waals surface area contributed by atoms with Gasteiger partial charge in [0.05, 0.1) is 0 Å². The van der Waals surface area contributed by atoms with Crippen LogP contribution in [0.1, 0.15) is 92.9 Å². The van der Waals surface area contributed by atoms with Crippen LogP contribution in [0.15, 0.2) is 12.2 Å². The molecule has 4 saturated carbocycles. The number of carbonyl (C=O) groups is 3. The molecule has 0 saturated heterocycles. The van der Waals surface area contributed by atoms with Crippen molar-refractivity contribution in [2.75, 3.05) is 0 Å². The molecule has 0 spiro atoms. The minimum Gasteiger partial charge on any atom is -0.300 e. The van der Waals surface area contributed by atoms with E-state index in [9.17, 15) is 14.4 Å². The fraction of sp³-hybridized carbons (Fsp3) is 0.828. The third-order valence-corrected chi connectivity index (χ3v) is 10.7. The lowest BCUT2D eigenvalue weighted by Gasteiger charge is -2.58. The average molecular weight is 441 g/mol. The molecule has 9 atom stereocenters. The SMILES string of the molecule is CC[C@H](C=C[C@@H](C)[C@H]1CC[C@H]2[C@@H]3CC(=O)[C@H]4CC(=O)CC[C@]4(C)[C@H]3C(=O)C[C@]12C)C(C)C. The summed E-state index contributed by atoms with van der Waals surface area (Å²) < 4.78 is 0. The molecule has 0 heterocycles. The number of fused-ring (bicyclic) bond motifs is 5. The zero-order chi connectivity index (χ0) is 23.4. The number of allylic oxidation sites excluding steroid dienone is 2. The molecule has 0 aromatic rings. The highest BCUT2D eigenvalue weighted by atomic mass is 16.1. The highest BCUT2D eigenvalue weighted by Gasteiger charge is 2.65. The Hall–Kier alpha value is -1.25. The molecule has 178 valence electrons. The topological polar surface area (TPSA) is 51.2 Å². The minimum absolute atomic E-state index is 0.00445. The molecular formula is C29H44O3. The molecule has 3 heteroatoms. The largest absolute Gasteiger partial charge is 0.300 e. The van der Waals surface area contributed by atoms with E-state index in [0.29, 0.717) is 61.1 Å². The third-order valence-electron chi connectivity index (χ3n) is 10.7. The van der Waals surface area contributed by atoms with Gasteiger partial charge in [0.1, 0.15) is 17.3 Å². The van der Waals surface area contributed by atoms with E-state index in [1.54, 1.807) is 0 Å². The second-order valence-corrected chi connectivity index (χ2v) is 12.6. The van der Waals surface area contributed by atoms with E-state index in [2.05, 4.69) is 53.7 Å². The van der Waals surface area contributed by atoms with Gasteiger partial charge in [-0.2, -0.15) is 0 Å². The Labute approximate surface area is 195 Å². The second-order valence-electron chi connectivity index (χ2n) is 12.6. The van der Waals surface area contributed by atoms with Gasteiger partial charge in [-0.1, -0.05) is 53.7 Å². The number of ketones is 3. The molecule has 4 aliphatic carbocycles. The van der Waals surface area contributed by atoms with Crippen LogP contribution < -0.4 is 0 Å². The first-order chi connectivity index (χ1) is 15.0. The van der Waals surface area contributed by atoms with Crippen LogP contribution in [0.2, 0.25) is 0 Å². The lowest BCUT2D eigenvalue weighted by Crippen LogP contribution is -2.60. The van der Waals surface area contributed by atoms with Crippen LogP contribution in [0.3, 0.4) is 0 Å². The molecule has 0 aliphatic heterocycles. The Balaban J connectivity index is 1.59. The summed E-state index contributed by atoms with van der Waals surface area (Å²) in [6.07, 6.45) is 11.1. The van der Waals surface area contributed by atoms with E-state index in [4.69, 9.17) is 0 Å². The maximum atomic E-state index is 13.8. The number of hydrogen-bond donors (Lipinski definition) is 0. The first-order valence-corrected chi connectivity index (χ1v) is 13.3. The molecule has 0 N–H and O–H groups in total. The normalized spacial score (nSPS) is 43.8. The van der Waals surface area contributed by atoms with Gasteiger partial charge in [0.2, 0.25) is 0 Å². The van der Waals surface area contributed by atoms with Crippen molar-refractivity contribution in [2.24, 2.45) is 58.2 Å². The van der Waals surface area contributed by atoms with Gasteiger partial charge < -0.3 is 0 Å². The molecule has 0 amide bonds. The van der Waals surface area contributed by atoms with E-state index in [0.717, 1.165) is 25.7 Å². The summed E-state index contributed by atoms with van der Waals surface area (Å²) in [5.74, 6) is 3.48. The maximum absolute atomic E-state index is 13.8. The van der Waals surface area contributed by atoms with Crippen molar-refractivity contribution in [1.82, 2.24) is 0 Å². The fourth-order valence-corrected chi connectivity index (χ4v) is 8.85. The summed E-state index contributed by atoms with van der Waals surface area (Å²) in [5.41, 5.74) is -0.308. The Morgan fingerprint density at radius 3 is 2.34 bits per heavy atom. The molecule has 32 heavy (non-hydrogen) atoms. The maximum Gasteiger partial charge on any atom is 0.137 e. The van der Waals surface area contributed by atoms with Crippen LogP contribution in [0, 0.1) is 58.2 Å². The van der Waals surface area contributed by atoms with Gasteiger partial charge in [0, 0.05) is 37.5 Å². The zero-order valence-corrected chi connectivity index (χ0v) is 21.2. The molecule has 0 aromatic carbocycles. The highest BCUT2D eigenvalue weighted by molar-refractivity contribution is 5.94. The standard InChI is InChI=1S/C29H44O3/c1-7-19(17(2)3)9-8-18(4)22-10-11-23-21-15-25(31)24-14-20(30)12-13-28(24,5)27(21)26(32)16-29(22,23)6/h8-9,17-19,21-24,27H,7,10-16H2,1-6H3/t18-,19-,21+,22-,23+,24-,27-,28+,29-/m1/s1. The highest BCUT2D eigenvalue weighted by Crippen LogP contribution is 2.66. The Bertz CT molecular complexity index is 809. The van der Waals surface area contributed by atoms with Crippen molar-refractivity contribution in [2.45, 2.75) is 92.9 Å². The van der Waals surface area contributed by atoms with Gasteiger partial charge in [-0.25, -0.2) is 0 Å². The van der Waals surface area contributed by atoms with Crippen LogP contribution >= 0.6 is 0 Å². The summed E-state index contributed by atoms with van der Waals surface area (Å²) in [4.78, 5) is 39.2. The van der Waals surface area contributed by atoms with Gasteiger partial charge in [0.15, 0.2) is 0 Å². The minimum atomic E-state index is -0.304. The van der Waals surface area contributed by atoms with Crippen molar-refractivity contribution in [3.05, 3.63) is 12.2 Å². The first kappa shape index (κ1) is 23.9. The second kappa shape index (κ2) is 8.51. The predicted octanol–water partition coefficient (Wildman–Crippen LogP) is 6.45. The monoisotopic (exact) mass is 440 g/mol. The van der Waals surface area contributed by atoms with Crippen molar-refractivity contribution in [3.8, 4) is 0 Å². The molecule has 4 rings (SSSR count). The molecular weight excluding hydrogens is 396 g/mol. The van der Waals surface area contributed by atoms with Crippen LogP contribution in [0.5, 0.6) is 0 Å². The van der Waals surface area contributed by atoms with Crippen molar-refractivity contribution in [3.63, 3.8) is 0 Å². The quantitative estimate of drug-likeness (QED) is 0.462. The first-order valence-electron chi connectivity index (χ1n) is 13.3. The summed E-state index contributed by atoms with van der Waals surface area (Å²) in [6, 6.07) is 0. The van der Waals surface area contributed by atoms with Crippen molar-refractivity contribution < 1.29 is 14.4 Å². The van der Waals surface area contributed by atoms with Gasteiger partial charge >= 0.3 is 0 Å². The predicted molar refractivity (Wildman–Crippen MR) is 128 cm³/mol. The van der Waals surface area contributed by atoms with E-state index in [1.807, 2.05) is 0 Å².